The molecule has 0 bridgehead atoms. The van der Waals surface area contributed by atoms with E-state index in [1.54, 1.807) is 7.11 Å². The van der Waals surface area contributed by atoms with Gasteiger partial charge < -0.3 is 9.84 Å². The SMILES string of the molecule is CCC1CCC(C(O)COC)CC1. The van der Waals surface area contributed by atoms with Crippen LogP contribution >= 0.6 is 0 Å². The Labute approximate surface area is 81.3 Å². The first-order valence-corrected chi connectivity index (χ1v) is 5.45. The van der Waals surface area contributed by atoms with Crippen LogP contribution < -0.4 is 0 Å². The smallest absolute Gasteiger partial charge is 0.0801 e. The van der Waals surface area contributed by atoms with Gasteiger partial charge in [-0.1, -0.05) is 26.2 Å². The fraction of sp³-hybridized carbons (Fsp3) is 1.00. The van der Waals surface area contributed by atoms with Crippen molar-refractivity contribution in [1.29, 1.82) is 0 Å². The summed E-state index contributed by atoms with van der Waals surface area (Å²) in [6.07, 6.45) is 6.02. The second-order valence-electron chi connectivity index (χ2n) is 4.21. The van der Waals surface area contributed by atoms with Crippen LogP contribution in [-0.2, 0) is 4.74 Å². The highest BCUT2D eigenvalue weighted by molar-refractivity contribution is 4.76. The number of aliphatic hydroxyl groups is 1. The van der Waals surface area contributed by atoms with Gasteiger partial charge in [-0.25, -0.2) is 0 Å². The lowest BCUT2D eigenvalue weighted by Gasteiger charge is -2.30. The number of methoxy groups -OCH3 is 1. The zero-order valence-electron chi connectivity index (χ0n) is 8.83. The molecule has 1 atom stereocenters. The summed E-state index contributed by atoms with van der Waals surface area (Å²) in [5, 5.41) is 9.71. The average Bonchev–Trinajstić information content (AvgIpc) is 2.18. The van der Waals surface area contributed by atoms with E-state index in [1.807, 2.05) is 0 Å². The maximum atomic E-state index is 9.71. The fourth-order valence-corrected chi connectivity index (χ4v) is 2.29. The highest BCUT2D eigenvalue weighted by atomic mass is 16.5. The van der Waals surface area contributed by atoms with Crippen molar-refractivity contribution in [3.63, 3.8) is 0 Å². The fourth-order valence-electron chi connectivity index (χ4n) is 2.29. The van der Waals surface area contributed by atoms with Gasteiger partial charge in [0, 0.05) is 7.11 Å². The van der Waals surface area contributed by atoms with E-state index in [2.05, 4.69) is 6.92 Å². The van der Waals surface area contributed by atoms with Gasteiger partial charge in [0.25, 0.3) is 0 Å². The Balaban J connectivity index is 2.23. The normalized spacial score (nSPS) is 31.6. The molecule has 1 saturated carbocycles. The van der Waals surface area contributed by atoms with Crippen LogP contribution in [0.5, 0.6) is 0 Å². The minimum atomic E-state index is -0.234. The van der Waals surface area contributed by atoms with Crippen LogP contribution in [0, 0.1) is 11.8 Å². The van der Waals surface area contributed by atoms with E-state index < -0.39 is 0 Å². The lowest BCUT2D eigenvalue weighted by molar-refractivity contribution is 0.00811. The van der Waals surface area contributed by atoms with Crippen LogP contribution in [0.25, 0.3) is 0 Å². The van der Waals surface area contributed by atoms with Crippen molar-refractivity contribution in [1.82, 2.24) is 0 Å². The van der Waals surface area contributed by atoms with Crippen LogP contribution in [0.2, 0.25) is 0 Å². The van der Waals surface area contributed by atoms with Crippen molar-refractivity contribution in [2.75, 3.05) is 13.7 Å². The summed E-state index contributed by atoms with van der Waals surface area (Å²) in [5.74, 6) is 1.40. The van der Waals surface area contributed by atoms with Crippen molar-refractivity contribution in [3.05, 3.63) is 0 Å². The van der Waals surface area contributed by atoms with Crippen molar-refractivity contribution in [3.8, 4) is 0 Å². The van der Waals surface area contributed by atoms with E-state index >= 15 is 0 Å². The summed E-state index contributed by atoms with van der Waals surface area (Å²) in [4.78, 5) is 0. The topological polar surface area (TPSA) is 29.5 Å². The maximum Gasteiger partial charge on any atom is 0.0801 e. The molecule has 1 aliphatic carbocycles. The van der Waals surface area contributed by atoms with Crippen molar-refractivity contribution in [2.24, 2.45) is 11.8 Å². The Morgan fingerprint density at radius 1 is 1.31 bits per heavy atom. The Morgan fingerprint density at radius 3 is 2.38 bits per heavy atom. The van der Waals surface area contributed by atoms with E-state index in [0.717, 1.165) is 5.92 Å². The molecule has 2 heteroatoms. The molecule has 1 unspecified atom stereocenters. The molecule has 1 fully saturated rings. The summed E-state index contributed by atoms with van der Waals surface area (Å²) in [5.41, 5.74) is 0. The third-order valence-electron chi connectivity index (χ3n) is 3.35. The third kappa shape index (κ3) is 3.28. The van der Waals surface area contributed by atoms with Crippen molar-refractivity contribution in [2.45, 2.75) is 45.1 Å². The highest BCUT2D eigenvalue weighted by Crippen LogP contribution is 2.32. The molecular formula is C11H22O2. The second kappa shape index (κ2) is 5.61. The molecule has 1 rings (SSSR count). The predicted molar refractivity (Wildman–Crippen MR) is 53.6 cm³/mol. The molecule has 13 heavy (non-hydrogen) atoms. The number of hydrogen-bond donors (Lipinski definition) is 1. The van der Waals surface area contributed by atoms with Crippen molar-refractivity contribution < 1.29 is 9.84 Å². The van der Waals surface area contributed by atoms with Gasteiger partial charge >= 0.3 is 0 Å². The lowest BCUT2D eigenvalue weighted by Crippen LogP contribution is -2.29. The van der Waals surface area contributed by atoms with Gasteiger partial charge in [-0.3, -0.25) is 0 Å². The first kappa shape index (κ1) is 11.0. The number of aliphatic hydroxyl groups excluding tert-OH is 1. The largest absolute Gasteiger partial charge is 0.390 e. The van der Waals surface area contributed by atoms with Gasteiger partial charge in [0.15, 0.2) is 0 Å². The number of hydrogen-bond acceptors (Lipinski definition) is 2. The standard InChI is InChI=1S/C11H22O2/c1-3-9-4-6-10(7-5-9)11(12)8-13-2/h9-12H,3-8H2,1-2H3. The summed E-state index contributed by atoms with van der Waals surface area (Å²) in [7, 11) is 1.65. The summed E-state index contributed by atoms with van der Waals surface area (Å²) in [6.45, 7) is 2.76. The molecule has 0 spiro atoms. The minimum Gasteiger partial charge on any atom is -0.390 e. The van der Waals surface area contributed by atoms with Gasteiger partial charge in [0.2, 0.25) is 0 Å². The molecule has 0 aliphatic heterocycles. The molecule has 0 radical (unpaired) electrons. The van der Waals surface area contributed by atoms with Crippen LogP contribution in [0.3, 0.4) is 0 Å². The Kier molecular flexibility index (Phi) is 4.74. The van der Waals surface area contributed by atoms with Crippen LogP contribution in [0.15, 0.2) is 0 Å². The van der Waals surface area contributed by atoms with Crippen LogP contribution in [0.1, 0.15) is 39.0 Å². The molecule has 1 aliphatic rings. The first-order chi connectivity index (χ1) is 6.27. The zero-order valence-corrected chi connectivity index (χ0v) is 8.83. The Hall–Kier alpha value is -0.0800. The Bertz CT molecular complexity index is 128. The predicted octanol–water partition coefficient (Wildman–Crippen LogP) is 2.21. The average molecular weight is 186 g/mol. The molecule has 2 nitrogen and oxygen atoms in total. The van der Waals surface area contributed by atoms with Gasteiger partial charge in [0.1, 0.15) is 0 Å². The van der Waals surface area contributed by atoms with Crippen LogP contribution in [-0.4, -0.2) is 24.9 Å². The van der Waals surface area contributed by atoms with E-state index in [-0.39, 0.29) is 6.10 Å². The minimum absolute atomic E-state index is 0.234. The molecule has 0 saturated heterocycles. The van der Waals surface area contributed by atoms with Gasteiger partial charge in [-0.15, -0.1) is 0 Å². The molecule has 0 aromatic rings. The highest BCUT2D eigenvalue weighted by Gasteiger charge is 2.25. The quantitative estimate of drug-likeness (QED) is 0.729. The molecule has 0 aromatic carbocycles. The van der Waals surface area contributed by atoms with Gasteiger partial charge in [-0.2, -0.15) is 0 Å². The van der Waals surface area contributed by atoms with E-state index in [9.17, 15) is 5.11 Å². The Morgan fingerprint density at radius 2 is 1.92 bits per heavy atom. The van der Waals surface area contributed by atoms with Crippen LogP contribution in [0.4, 0.5) is 0 Å². The van der Waals surface area contributed by atoms with E-state index in [0.29, 0.717) is 12.5 Å². The number of rotatable bonds is 4. The zero-order chi connectivity index (χ0) is 9.68. The third-order valence-corrected chi connectivity index (χ3v) is 3.35. The second-order valence-corrected chi connectivity index (χ2v) is 4.21. The maximum absolute atomic E-state index is 9.71. The van der Waals surface area contributed by atoms with Gasteiger partial charge in [0.05, 0.1) is 12.7 Å². The number of ether oxygens (including phenoxy) is 1. The molecule has 0 amide bonds. The van der Waals surface area contributed by atoms with E-state index in [4.69, 9.17) is 4.74 Å². The monoisotopic (exact) mass is 186 g/mol. The first-order valence-electron chi connectivity index (χ1n) is 5.45. The molecule has 78 valence electrons. The molecular weight excluding hydrogens is 164 g/mol. The molecule has 1 N–H and O–H groups in total. The summed E-state index contributed by atoms with van der Waals surface area (Å²) >= 11 is 0. The van der Waals surface area contributed by atoms with Gasteiger partial charge in [-0.05, 0) is 24.7 Å². The summed E-state index contributed by atoms with van der Waals surface area (Å²) < 4.78 is 4.96. The lowest BCUT2D eigenvalue weighted by atomic mass is 9.78. The van der Waals surface area contributed by atoms with Crippen molar-refractivity contribution >= 4 is 0 Å². The molecule has 0 heterocycles. The van der Waals surface area contributed by atoms with E-state index in [1.165, 1.54) is 32.1 Å². The molecule has 0 aromatic heterocycles. The summed E-state index contributed by atoms with van der Waals surface area (Å²) in [6, 6.07) is 0.